The lowest BCUT2D eigenvalue weighted by molar-refractivity contribution is -0.660. The van der Waals surface area contributed by atoms with Crippen LogP contribution in [0.2, 0.25) is 0 Å². The van der Waals surface area contributed by atoms with Crippen molar-refractivity contribution in [1.82, 2.24) is 0 Å². The zero-order valence-corrected chi connectivity index (χ0v) is 13.9. The molecule has 4 aromatic rings. The van der Waals surface area contributed by atoms with E-state index in [0.717, 1.165) is 38.8 Å². The highest BCUT2D eigenvalue weighted by Crippen LogP contribution is 2.39. The van der Waals surface area contributed by atoms with Crippen LogP contribution in [0.25, 0.3) is 33.2 Å². The van der Waals surface area contributed by atoms with Gasteiger partial charge in [0.1, 0.15) is 18.2 Å². The summed E-state index contributed by atoms with van der Waals surface area (Å²) in [5.74, 6) is 0. The normalized spacial score (nSPS) is 11.1. The third-order valence-electron chi connectivity index (χ3n) is 4.60. The fraction of sp³-hybridized carbons (Fsp3) is 0.143. The lowest BCUT2D eigenvalue weighted by Gasteiger charge is -2.07. The summed E-state index contributed by atoms with van der Waals surface area (Å²) in [4.78, 5) is 0. The Morgan fingerprint density at radius 3 is 2.58 bits per heavy atom. The molecule has 0 aliphatic rings. The Hall–Kier alpha value is -3.12. The van der Waals surface area contributed by atoms with Crippen LogP contribution in [-0.2, 0) is 7.05 Å². The monoisotopic (exact) mass is 313 g/mol. The third kappa shape index (κ3) is 1.93. The Balaban J connectivity index is 2.25. The van der Waals surface area contributed by atoms with Crippen molar-refractivity contribution in [2.24, 2.45) is 7.05 Å². The van der Waals surface area contributed by atoms with Crippen LogP contribution in [0.5, 0.6) is 0 Å². The number of pyridine rings is 1. The van der Waals surface area contributed by atoms with Crippen molar-refractivity contribution in [2.75, 3.05) is 0 Å². The van der Waals surface area contributed by atoms with Crippen molar-refractivity contribution >= 4 is 21.9 Å². The molecule has 0 spiro atoms. The number of aromatic nitrogens is 1. The molecule has 0 amide bonds. The van der Waals surface area contributed by atoms with Crippen molar-refractivity contribution < 1.29 is 8.98 Å². The molecule has 0 atom stereocenters. The van der Waals surface area contributed by atoms with Crippen molar-refractivity contribution in [3.8, 4) is 17.3 Å². The van der Waals surface area contributed by atoms with Crippen LogP contribution in [-0.4, -0.2) is 0 Å². The van der Waals surface area contributed by atoms with Crippen molar-refractivity contribution in [3.63, 3.8) is 0 Å². The van der Waals surface area contributed by atoms with E-state index in [1.54, 1.807) is 0 Å². The minimum Gasteiger partial charge on any atom is -0.455 e. The maximum Gasteiger partial charge on any atom is 0.216 e. The predicted molar refractivity (Wildman–Crippen MR) is 94.5 cm³/mol. The first-order valence-electron chi connectivity index (χ1n) is 7.92. The van der Waals surface area contributed by atoms with Gasteiger partial charge >= 0.3 is 0 Å². The molecular formula is C21H17N2O+. The van der Waals surface area contributed by atoms with Crippen molar-refractivity contribution in [3.05, 3.63) is 65.4 Å². The van der Waals surface area contributed by atoms with E-state index in [1.165, 1.54) is 5.56 Å². The molecule has 24 heavy (non-hydrogen) atoms. The number of nitriles is 1. The average Bonchev–Trinajstić information content (AvgIpc) is 2.96. The number of benzene rings is 2. The fourth-order valence-electron chi connectivity index (χ4n) is 3.54. The van der Waals surface area contributed by atoms with Crippen LogP contribution in [0.3, 0.4) is 0 Å². The highest BCUT2D eigenvalue weighted by molar-refractivity contribution is 6.13. The third-order valence-corrected chi connectivity index (χ3v) is 4.60. The summed E-state index contributed by atoms with van der Waals surface area (Å²) in [6.45, 7) is 4.18. The molecule has 3 nitrogen and oxygen atoms in total. The number of rotatable bonds is 1. The Morgan fingerprint density at radius 1 is 1.00 bits per heavy atom. The van der Waals surface area contributed by atoms with Crippen LogP contribution in [0.1, 0.15) is 16.7 Å². The van der Waals surface area contributed by atoms with Crippen LogP contribution < -0.4 is 4.57 Å². The SMILES string of the molecule is Cc1cc(C)c2c(oc3cccc(C#N)c32)c1-c1cccc[n+]1C. The van der Waals surface area contributed by atoms with Gasteiger partial charge in [0.05, 0.1) is 17.2 Å². The lowest BCUT2D eigenvalue weighted by Crippen LogP contribution is -2.30. The van der Waals surface area contributed by atoms with E-state index >= 15 is 0 Å². The molecule has 0 aliphatic heterocycles. The number of hydrogen-bond acceptors (Lipinski definition) is 2. The molecule has 4 rings (SSSR count). The van der Waals surface area contributed by atoms with Gasteiger partial charge in [0.2, 0.25) is 5.69 Å². The summed E-state index contributed by atoms with van der Waals surface area (Å²) in [6, 6.07) is 16.2. The van der Waals surface area contributed by atoms with Gasteiger partial charge in [0.15, 0.2) is 6.20 Å². The first kappa shape index (κ1) is 14.5. The van der Waals surface area contributed by atoms with E-state index in [2.05, 4.69) is 36.6 Å². The zero-order chi connectivity index (χ0) is 16.8. The summed E-state index contributed by atoms with van der Waals surface area (Å²) in [5.41, 5.74) is 6.74. The molecule has 0 unspecified atom stereocenters. The number of fused-ring (bicyclic) bond motifs is 3. The minimum atomic E-state index is 0.654. The molecule has 0 saturated carbocycles. The van der Waals surface area contributed by atoms with Gasteiger partial charge < -0.3 is 4.42 Å². The van der Waals surface area contributed by atoms with Crippen LogP contribution in [0.4, 0.5) is 0 Å². The second-order valence-electron chi connectivity index (χ2n) is 6.18. The van der Waals surface area contributed by atoms with Crippen LogP contribution in [0.15, 0.2) is 53.1 Å². The van der Waals surface area contributed by atoms with Gasteiger partial charge in [-0.3, -0.25) is 0 Å². The Morgan fingerprint density at radius 2 is 1.83 bits per heavy atom. The number of hydrogen-bond donors (Lipinski definition) is 0. The summed E-state index contributed by atoms with van der Waals surface area (Å²) >= 11 is 0. The van der Waals surface area contributed by atoms with Crippen molar-refractivity contribution in [2.45, 2.75) is 13.8 Å². The molecule has 0 fully saturated rings. The number of furan rings is 1. The molecule has 0 radical (unpaired) electrons. The highest BCUT2D eigenvalue weighted by atomic mass is 16.3. The standard InChI is InChI=1S/C21H17N2O/c1-13-11-14(2)19-20-15(12-22)7-6-9-17(20)24-21(19)18(13)16-8-4-5-10-23(16)3/h4-11H,1-3H3/q+1. The molecular weight excluding hydrogens is 296 g/mol. The molecule has 0 aliphatic carbocycles. The Labute approximate surface area is 140 Å². The summed E-state index contributed by atoms with van der Waals surface area (Å²) in [7, 11) is 2.03. The van der Waals surface area contributed by atoms with E-state index in [4.69, 9.17) is 4.42 Å². The number of aryl methyl sites for hydroxylation is 3. The quantitative estimate of drug-likeness (QED) is 0.483. The summed E-state index contributed by atoms with van der Waals surface area (Å²) in [6.07, 6.45) is 2.03. The van der Waals surface area contributed by atoms with E-state index < -0.39 is 0 Å². The zero-order valence-electron chi connectivity index (χ0n) is 13.9. The van der Waals surface area contributed by atoms with Gasteiger partial charge in [-0.25, -0.2) is 4.57 Å². The maximum atomic E-state index is 9.49. The molecule has 116 valence electrons. The van der Waals surface area contributed by atoms with E-state index in [-0.39, 0.29) is 0 Å². The molecule has 0 N–H and O–H groups in total. The Kier molecular flexibility index (Phi) is 3.14. The summed E-state index contributed by atoms with van der Waals surface area (Å²) in [5, 5.41) is 11.4. The molecule has 3 heteroatoms. The van der Waals surface area contributed by atoms with Crippen LogP contribution >= 0.6 is 0 Å². The van der Waals surface area contributed by atoms with Gasteiger partial charge in [-0.2, -0.15) is 5.26 Å². The molecule has 2 aromatic carbocycles. The second kappa shape index (κ2) is 5.21. The average molecular weight is 313 g/mol. The first-order valence-corrected chi connectivity index (χ1v) is 7.92. The topological polar surface area (TPSA) is 40.8 Å². The molecule has 0 saturated heterocycles. The smallest absolute Gasteiger partial charge is 0.216 e. The highest BCUT2D eigenvalue weighted by Gasteiger charge is 2.22. The van der Waals surface area contributed by atoms with E-state index in [9.17, 15) is 5.26 Å². The van der Waals surface area contributed by atoms with Gasteiger partial charge in [-0.1, -0.05) is 12.1 Å². The fourth-order valence-corrected chi connectivity index (χ4v) is 3.54. The maximum absolute atomic E-state index is 9.49. The Bertz CT molecular complexity index is 1150. The largest absolute Gasteiger partial charge is 0.455 e. The number of nitrogens with zero attached hydrogens (tertiary/aromatic N) is 2. The minimum absolute atomic E-state index is 0.654. The second-order valence-corrected chi connectivity index (χ2v) is 6.18. The molecule has 2 heterocycles. The first-order chi connectivity index (χ1) is 11.6. The summed E-state index contributed by atoms with van der Waals surface area (Å²) < 4.78 is 8.33. The predicted octanol–water partition coefficient (Wildman–Crippen LogP) is 4.57. The van der Waals surface area contributed by atoms with Gasteiger partial charge in [0.25, 0.3) is 0 Å². The van der Waals surface area contributed by atoms with Crippen molar-refractivity contribution in [1.29, 1.82) is 5.26 Å². The lowest BCUT2D eigenvalue weighted by atomic mass is 9.96. The van der Waals surface area contributed by atoms with Crippen LogP contribution in [0, 0.1) is 25.2 Å². The van der Waals surface area contributed by atoms with Gasteiger partial charge in [-0.05, 0) is 43.2 Å². The van der Waals surface area contributed by atoms with Gasteiger partial charge in [-0.15, -0.1) is 0 Å². The van der Waals surface area contributed by atoms with Gasteiger partial charge in [0, 0.05) is 22.9 Å². The van der Waals surface area contributed by atoms with E-state index in [1.807, 2.05) is 43.6 Å². The molecule has 0 bridgehead atoms. The van der Waals surface area contributed by atoms with E-state index in [0.29, 0.717) is 5.56 Å². The molecule has 2 aromatic heterocycles.